The predicted molar refractivity (Wildman–Crippen MR) is 60.2 cm³/mol. The van der Waals surface area contributed by atoms with Gasteiger partial charge < -0.3 is 10.8 Å². The Kier molecular flexibility index (Phi) is 5.25. The summed E-state index contributed by atoms with van der Waals surface area (Å²) in [5.41, 5.74) is 7.70. The maximum atomic E-state index is 8.89. The molecule has 0 unspecified atom stereocenters. The summed E-state index contributed by atoms with van der Waals surface area (Å²) in [6.45, 7) is 5.14. The molecule has 0 radical (unpaired) electrons. The predicted octanol–water partition coefficient (Wildman–Crippen LogP) is 0.354. The molecule has 0 aliphatic carbocycles. The summed E-state index contributed by atoms with van der Waals surface area (Å²) in [6.07, 6.45) is 1.76. The highest BCUT2D eigenvalue weighted by molar-refractivity contribution is 5.19. The lowest BCUT2D eigenvalue weighted by atomic mass is 10.2. The highest BCUT2D eigenvalue weighted by Crippen LogP contribution is 2.08. The van der Waals surface area contributed by atoms with E-state index in [-0.39, 0.29) is 6.61 Å². The van der Waals surface area contributed by atoms with Crippen LogP contribution in [0.2, 0.25) is 0 Å². The Hall–Kier alpha value is -0.970. The largest absolute Gasteiger partial charge is 0.395 e. The molecule has 0 saturated carbocycles. The van der Waals surface area contributed by atoms with Crippen LogP contribution in [0.15, 0.2) is 18.3 Å². The Morgan fingerprint density at radius 3 is 2.93 bits per heavy atom. The Morgan fingerprint density at radius 2 is 2.33 bits per heavy atom. The van der Waals surface area contributed by atoms with Gasteiger partial charge >= 0.3 is 0 Å². The third kappa shape index (κ3) is 3.58. The molecule has 0 bridgehead atoms. The second-order valence-corrected chi connectivity index (χ2v) is 3.41. The lowest BCUT2D eigenvalue weighted by molar-refractivity contribution is 0.196. The van der Waals surface area contributed by atoms with Crippen LogP contribution in [0.5, 0.6) is 0 Å². The average molecular weight is 209 g/mol. The molecule has 1 aromatic heterocycles. The van der Waals surface area contributed by atoms with Crippen molar-refractivity contribution in [3.05, 3.63) is 29.6 Å². The zero-order valence-corrected chi connectivity index (χ0v) is 9.19. The lowest BCUT2D eigenvalue weighted by Gasteiger charge is -2.20. The van der Waals surface area contributed by atoms with Crippen molar-refractivity contribution >= 4 is 0 Å². The quantitative estimate of drug-likeness (QED) is 0.710. The number of aliphatic hydroxyl groups is 1. The molecule has 0 aliphatic heterocycles. The number of aliphatic hydroxyl groups excluding tert-OH is 1. The number of hydrogen-bond donors (Lipinski definition) is 2. The van der Waals surface area contributed by atoms with Crippen LogP contribution in [0.4, 0.5) is 0 Å². The number of pyridine rings is 1. The molecule has 0 atom stereocenters. The Balaban J connectivity index is 2.69. The fraction of sp³-hybridized carbons (Fsp3) is 0.545. The van der Waals surface area contributed by atoms with Crippen molar-refractivity contribution in [3.8, 4) is 0 Å². The van der Waals surface area contributed by atoms with E-state index in [1.54, 1.807) is 6.20 Å². The Bertz CT molecular complexity index is 291. The first-order valence-corrected chi connectivity index (χ1v) is 5.27. The van der Waals surface area contributed by atoms with Crippen LogP contribution < -0.4 is 5.73 Å². The molecule has 0 saturated heterocycles. The minimum Gasteiger partial charge on any atom is -0.395 e. The van der Waals surface area contributed by atoms with Gasteiger partial charge in [0, 0.05) is 25.8 Å². The summed E-state index contributed by atoms with van der Waals surface area (Å²) in [5, 5.41) is 8.89. The van der Waals surface area contributed by atoms with Crippen molar-refractivity contribution in [2.75, 3.05) is 19.7 Å². The zero-order chi connectivity index (χ0) is 11.1. The molecule has 1 aromatic rings. The number of nitrogens with two attached hydrogens (primary N) is 1. The SMILES string of the molecule is CCN(CCO)Cc1cccnc1CN. The third-order valence-corrected chi connectivity index (χ3v) is 2.44. The van der Waals surface area contributed by atoms with E-state index >= 15 is 0 Å². The molecule has 4 nitrogen and oxygen atoms in total. The summed E-state index contributed by atoms with van der Waals surface area (Å²) < 4.78 is 0. The highest BCUT2D eigenvalue weighted by Gasteiger charge is 2.06. The van der Waals surface area contributed by atoms with Crippen LogP contribution in [0.1, 0.15) is 18.2 Å². The van der Waals surface area contributed by atoms with Gasteiger partial charge in [0.05, 0.1) is 12.3 Å². The van der Waals surface area contributed by atoms with Crippen LogP contribution in [-0.4, -0.2) is 34.7 Å². The number of rotatable bonds is 6. The molecule has 0 spiro atoms. The van der Waals surface area contributed by atoms with Crippen molar-refractivity contribution in [1.29, 1.82) is 0 Å². The fourth-order valence-corrected chi connectivity index (χ4v) is 1.53. The monoisotopic (exact) mass is 209 g/mol. The molecule has 3 N–H and O–H groups in total. The minimum atomic E-state index is 0.187. The first-order valence-electron chi connectivity index (χ1n) is 5.27. The number of hydrogen-bond acceptors (Lipinski definition) is 4. The first-order chi connectivity index (χ1) is 7.31. The van der Waals surface area contributed by atoms with Gasteiger partial charge in [0.25, 0.3) is 0 Å². The summed E-state index contributed by atoms with van der Waals surface area (Å²) >= 11 is 0. The van der Waals surface area contributed by atoms with Gasteiger partial charge in [0.1, 0.15) is 0 Å². The second-order valence-electron chi connectivity index (χ2n) is 3.41. The van der Waals surface area contributed by atoms with Gasteiger partial charge in [-0.1, -0.05) is 13.0 Å². The normalized spacial score (nSPS) is 10.9. The zero-order valence-electron chi connectivity index (χ0n) is 9.19. The van der Waals surface area contributed by atoms with E-state index in [0.717, 1.165) is 24.3 Å². The van der Waals surface area contributed by atoms with Gasteiger partial charge in [-0.3, -0.25) is 9.88 Å². The van der Waals surface area contributed by atoms with E-state index in [1.165, 1.54) is 0 Å². The van der Waals surface area contributed by atoms with Gasteiger partial charge in [-0.15, -0.1) is 0 Å². The summed E-state index contributed by atoms with van der Waals surface area (Å²) in [4.78, 5) is 6.39. The topological polar surface area (TPSA) is 62.4 Å². The molecule has 1 rings (SSSR count). The van der Waals surface area contributed by atoms with Crippen molar-refractivity contribution in [1.82, 2.24) is 9.88 Å². The van der Waals surface area contributed by atoms with Crippen molar-refractivity contribution in [2.24, 2.45) is 5.73 Å². The summed E-state index contributed by atoms with van der Waals surface area (Å²) in [5.74, 6) is 0. The average Bonchev–Trinajstić information content (AvgIpc) is 2.29. The first kappa shape index (κ1) is 12.1. The van der Waals surface area contributed by atoms with Crippen LogP contribution in [0.3, 0.4) is 0 Å². The van der Waals surface area contributed by atoms with Gasteiger partial charge in [-0.2, -0.15) is 0 Å². The van der Waals surface area contributed by atoms with Crippen molar-refractivity contribution in [2.45, 2.75) is 20.0 Å². The van der Waals surface area contributed by atoms with Gasteiger partial charge in [-0.25, -0.2) is 0 Å². The Morgan fingerprint density at radius 1 is 1.53 bits per heavy atom. The number of aromatic nitrogens is 1. The molecule has 15 heavy (non-hydrogen) atoms. The van der Waals surface area contributed by atoms with Gasteiger partial charge in [-0.05, 0) is 18.2 Å². The molecule has 0 aromatic carbocycles. The van der Waals surface area contributed by atoms with E-state index in [0.29, 0.717) is 13.1 Å². The fourth-order valence-electron chi connectivity index (χ4n) is 1.53. The van der Waals surface area contributed by atoms with E-state index in [4.69, 9.17) is 10.8 Å². The summed E-state index contributed by atoms with van der Waals surface area (Å²) in [6, 6.07) is 3.95. The molecule has 0 amide bonds. The number of nitrogens with zero attached hydrogens (tertiary/aromatic N) is 2. The minimum absolute atomic E-state index is 0.187. The molecule has 1 heterocycles. The van der Waals surface area contributed by atoms with E-state index in [9.17, 15) is 0 Å². The lowest BCUT2D eigenvalue weighted by Crippen LogP contribution is -2.27. The maximum absolute atomic E-state index is 8.89. The van der Waals surface area contributed by atoms with Crippen molar-refractivity contribution in [3.63, 3.8) is 0 Å². The van der Waals surface area contributed by atoms with Crippen LogP contribution in [0, 0.1) is 0 Å². The molecule has 0 aliphatic rings. The molecule has 4 heteroatoms. The number of likely N-dealkylation sites (N-methyl/N-ethyl adjacent to an activating group) is 1. The highest BCUT2D eigenvalue weighted by atomic mass is 16.3. The van der Waals surface area contributed by atoms with Crippen molar-refractivity contribution < 1.29 is 5.11 Å². The van der Waals surface area contributed by atoms with E-state index in [1.807, 2.05) is 12.1 Å². The van der Waals surface area contributed by atoms with Gasteiger partial charge in [0.15, 0.2) is 0 Å². The maximum Gasteiger partial charge on any atom is 0.0584 e. The van der Waals surface area contributed by atoms with E-state index < -0.39 is 0 Å². The van der Waals surface area contributed by atoms with E-state index in [2.05, 4.69) is 16.8 Å². The van der Waals surface area contributed by atoms with Crippen LogP contribution in [-0.2, 0) is 13.1 Å². The third-order valence-electron chi connectivity index (χ3n) is 2.44. The molecular formula is C11H19N3O. The molecule has 0 fully saturated rings. The van der Waals surface area contributed by atoms with Crippen LogP contribution in [0.25, 0.3) is 0 Å². The second kappa shape index (κ2) is 6.50. The van der Waals surface area contributed by atoms with Gasteiger partial charge in [0.2, 0.25) is 0 Å². The molecule has 84 valence electrons. The Labute approximate surface area is 90.7 Å². The smallest absolute Gasteiger partial charge is 0.0584 e. The van der Waals surface area contributed by atoms with Crippen LogP contribution >= 0.6 is 0 Å². The molecular weight excluding hydrogens is 190 g/mol. The summed E-state index contributed by atoms with van der Waals surface area (Å²) in [7, 11) is 0. The standard InChI is InChI=1S/C11H19N3O/c1-2-14(6-7-15)9-10-4-3-5-13-11(10)8-12/h3-5,15H,2,6-9,12H2,1H3.